The average molecular weight is 453 g/mol. The number of aromatic nitrogens is 2. The molecule has 0 amide bonds. The van der Waals surface area contributed by atoms with Crippen LogP contribution in [0.5, 0.6) is 0 Å². The molecule has 33 heavy (non-hydrogen) atoms. The van der Waals surface area contributed by atoms with Gasteiger partial charge in [0.25, 0.3) is 0 Å². The highest BCUT2D eigenvalue weighted by Gasteiger charge is 2.20. The maximum absolute atomic E-state index is 14.1. The standard InChI is InChI=1S/C27H33FN2O3/c1-4-5-16-29-25(17-28)24(15-10-19(2)3)30(27(29)33)18-20-11-13-21(14-12-20)22-8-6-7-9-23(22)26(31)32/h6-9,11-14,19H,4-5,10,15-18H2,1-3H3,(H,31,32). The number of carboxylic acid groups (broad SMARTS) is 1. The van der Waals surface area contributed by atoms with Gasteiger partial charge in [0.05, 0.1) is 17.8 Å². The first-order valence-electron chi connectivity index (χ1n) is 11.7. The molecule has 176 valence electrons. The number of alkyl halides is 1. The number of aromatic carboxylic acids is 1. The Bertz CT molecular complexity index is 1140. The number of carboxylic acids is 1. The number of benzene rings is 2. The largest absolute Gasteiger partial charge is 0.478 e. The molecule has 3 aromatic rings. The molecule has 0 fully saturated rings. The van der Waals surface area contributed by atoms with Crippen molar-refractivity contribution < 1.29 is 14.3 Å². The highest BCUT2D eigenvalue weighted by molar-refractivity contribution is 5.95. The lowest BCUT2D eigenvalue weighted by atomic mass is 9.98. The van der Waals surface area contributed by atoms with Gasteiger partial charge in [-0.25, -0.2) is 14.0 Å². The fraction of sp³-hybridized carbons (Fsp3) is 0.407. The highest BCUT2D eigenvalue weighted by atomic mass is 19.1. The van der Waals surface area contributed by atoms with Crippen molar-refractivity contribution in [3.05, 3.63) is 81.5 Å². The number of halogens is 1. The SMILES string of the molecule is CCCCn1c(CF)c(CCC(C)C)n(Cc2ccc(-c3ccccc3C(=O)O)cc2)c1=O. The second-order valence-electron chi connectivity index (χ2n) is 8.88. The normalized spacial score (nSPS) is 11.3. The van der Waals surface area contributed by atoms with Crippen molar-refractivity contribution in [2.24, 2.45) is 5.92 Å². The van der Waals surface area contributed by atoms with Crippen molar-refractivity contribution in [3.8, 4) is 11.1 Å². The average Bonchev–Trinajstić information content (AvgIpc) is 3.06. The molecule has 6 heteroatoms. The predicted octanol–water partition coefficient (Wildman–Crippen LogP) is 5.92. The topological polar surface area (TPSA) is 64.2 Å². The molecule has 0 radical (unpaired) electrons. The van der Waals surface area contributed by atoms with Crippen LogP contribution in [0, 0.1) is 5.92 Å². The molecule has 0 bridgehead atoms. The minimum atomic E-state index is -0.969. The Labute approximate surface area is 194 Å². The Morgan fingerprint density at radius 3 is 2.33 bits per heavy atom. The molecule has 2 aromatic carbocycles. The molecular formula is C27H33FN2O3. The highest BCUT2D eigenvalue weighted by Crippen LogP contribution is 2.25. The zero-order valence-corrected chi connectivity index (χ0v) is 19.7. The second-order valence-corrected chi connectivity index (χ2v) is 8.88. The summed E-state index contributed by atoms with van der Waals surface area (Å²) in [4.78, 5) is 24.8. The summed E-state index contributed by atoms with van der Waals surface area (Å²) in [6, 6.07) is 14.5. The van der Waals surface area contributed by atoms with Crippen LogP contribution in [-0.4, -0.2) is 20.2 Å². The Morgan fingerprint density at radius 2 is 1.73 bits per heavy atom. The molecule has 0 atom stereocenters. The number of imidazole rings is 1. The van der Waals surface area contributed by atoms with E-state index in [1.165, 1.54) is 0 Å². The van der Waals surface area contributed by atoms with Crippen molar-refractivity contribution in [2.45, 2.75) is 66.2 Å². The summed E-state index contributed by atoms with van der Waals surface area (Å²) in [5.41, 5.74) is 3.74. The second kappa shape index (κ2) is 11.1. The van der Waals surface area contributed by atoms with Gasteiger partial charge in [-0.1, -0.05) is 69.7 Å². The summed E-state index contributed by atoms with van der Waals surface area (Å²) < 4.78 is 17.4. The van der Waals surface area contributed by atoms with Gasteiger partial charge in [-0.3, -0.25) is 9.13 Å². The smallest absolute Gasteiger partial charge is 0.336 e. The van der Waals surface area contributed by atoms with Crippen LogP contribution in [0.15, 0.2) is 53.3 Å². The van der Waals surface area contributed by atoms with E-state index in [-0.39, 0.29) is 11.3 Å². The Hall–Kier alpha value is -3.15. The van der Waals surface area contributed by atoms with Crippen LogP contribution in [0.4, 0.5) is 4.39 Å². The van der Waals surface area contributed by atoms with Gasteiger partial charge in [0.2, 0.25) is 0 Å². The number of rotatable bonds is 11. The molecule has 1 aromatic heterocycles. The van der Waals surface area contributed by atoms with Gasteiger partial charge in [-0.15, -0.1) is 0 Å². The van der Waals surface area contributed by atoms with Gasteiger partial charge in [0, 0.05) is 12.2 Å². The fourth-order valence-electron chi connectivity index (χ4n) is 4.15. The number of hydrogen-bond donors (Lipinski definition) is 1. The molecule has 0 unspecified atom stereocenters. The van der Waals surface area contributed by atoms with Crippen molar-refractivity contribution >= 4 is 5.97 Å². The lowest BCUT2D eigenvalue weighted by Gasteiger charge is -2.11. The number of hydrogen-bond acceptors (Lipinski definition) is 2. The van der Waals surface area contributed by atoms with E-state index in [1.807, 2.05) is 30.3 Å². The first-order chi connectivity index (χ1) is 15.9. The van der Waals surface area contributed by atoms with Gasteiger partial charge >= 0.3 is 11.7 Å². The van der Waals surface area contributed by atoms with Crippen LogP contribution in [0.2, 0.25) is 0 Å². The number of nitrogens with zero attached hydrogens (tertiary/aromatic N) is 2. The molecule has 1 heterocycles. The van der Waals surface area contributed by atoms with E-state index in [0.29, 0.717) is 36.7 Å². The summed E-state index contributed by atoms with van der Waals surface area (Å²) in [6.45, 7) is 6.55. The summed E-state index contributed by atoms with van der Waals surface area (Å²) >= 11 is 0. The van der Waals surface area contributed by atoms with Crippen molar-refractivity contribution in [1.29, 1.82) is 0 Å². The van der Waals surface area contributed by atoms with Gasteiger partial charge < -0.3 is 5.11 Å². The molecule has 3 rings (SSSR count). The van der Waals surface area contributed by atoms with Crippen LogP contribution >= 0.6 is 0 Å². The van der Waals surface area contributed by atoms with E-state index in [9.17, 15) is 19.1 Å². The molecular weight excluding hydrogens is 419 g/mol. The predicted molar refractivity (Wildman–Crippen MR) is 130 cm³/mol. The van der Waals surface area contributed by atoms with Crippen LogP contribution in [0.3, 0.4) is 0 Å². The van der Waals surface area contributed by atoms with Crippen molar-refractivity contribution in [1.82, 2.24) is 9.13 Å². The monoisotopic (exact) mass is 452 g/mol. The quantitative estimate of drug-likeness (QED) is 0.393. The maximum atomic E-state index is 14.1. The molecule has 0 saturated carbocycles. The lowest BCUT2D eigenvalue weighted by molar-refractivity contribution is 0.0697. The third kappa shape index (κ3) is 5.62. The molecule has 0 aliphatic heterocycles. The Balaban J connectivity index is 1.96. The molecule has 0 spiro atoms. The zero-order chi connectivity index (χ0) is 24.0. The lowest BCUT2D eigenvalue weighted by Crippen LogP contribution is -2.26. The van der Waals surface area contributed by atoms with Gasteiger partial charge in [0.15, 0.2) is 0 Å². The van der Waals surface area contributed by atoms with Gasteiger partial charge in [-0.05, 0) is 47.9 Å². The summed E-state index contributed by atoms with van der Waals surface area (Å²) in [5.74, 6) is -0.517. The van der Waals surface area contributed by atoms with Crippen LogP contribution in [0.1, 0.15) is 67.3 Å². The number of carbonyl (C=O) groups is 1. The molecule has 5 nitrogen and oxygen atoms in total. The van der Waals surface area contributed by atoms with Gasteiger partial charge in [-0.2, -0.15) is 0 Å². The molecule has 1 N–H and O–H groups in total. The Morgan fingerprint density at radius 1 is 1.03 bits per heavy atom. The molecule has 0 aliphatic carbocycles. The minimum absolute atomic E-state index is 0.157. The van der Waals surface area contributed by atoms with E-state index in [1.54, 1.807) is 27.3 Å². The number of unbranched alkanes of at least 4 members (excludes halogenated alkanes) is 1. The van der Waals surface area contributed by atoms with Crippen molar-refractivity contribution in [3.63, 3.8) is 0 Å². The van der Waals surface area contributed by atoms with E-state index in [2.05, 4.69) is 20.8 Å². The summed E-state index contributed by atoms with van der Waals surface area (Å²) in [7, 11) is 0. The molecule has 0 aliphatic rings. The van der Waals surface area contributed by atoms with Gasteiger partial charge in [0.1, 0.15) is 6.67 Å². The maximum Gasteiger partial charge on any atom is 0.336 e. The summed E-state index contributed by atoms with van der Waals surface area (Å²) in [6.07, 6.45) is 3.31. The van der Waals surface area contributed by atoms with E-state index in [4.69, 9.17) is 0 Å². The van der Waals surface area contributed by atoms with Crippen LogP contribution in [-0.2, 0) is 26.2 Å². The Kier molecular flexibility index (Phi) is 8.26. The minimum Gasteiger partial charge on any atom is -0.478 e. The van der Waals surface area contributed by atoms with E-state index in [0.717, 1.165) is 36.1 Å². The third-order valence-electron chi connectivity index (χ3n) is 6.03. The first-order valence-corrected chi connectivity index (χ1v) is 11.7. The first kappa shape index (κ1) is 24.5. The molecule has 0 saturated heterocycles. The zero-order valence-electron chi connectivity index (χ0n) is 19.7. The van der Waals surface area contributed by atoms with E-state index >= 15 is 0 Å². The van der Waals surface area contributed by atoms with Crippen molar-refractivity contribution in [2.75, 3.05) is 0 Å². The van der Waals surface area contributed by atoms with E-state index < -0.39 is 12.6 Å². The summed E-state index contributed by atoms with van der Waals surface area (Å²) in [5, 5.41) is 9.47. The van der Waals surface area contributed by atoms with Crippen LogP contribution in [0.25, 0.3) is 11.1 Å². The van der Waals surface area contributed by atoms with Crippen LogP contribution < -0.4 is 5.69 Å². The third-order valence-corrected chi connectivity index (χ3v) is 6.03. The fourth-order valence-corrected chi connectivity index (χ4v) is 4.15.